The number of hydrogen-bond acceptors (Lipinski definition) is 6. The van der Waals surface area contributed by atoms with Crippen LogP contribution in [0.15, 0.2) is 42.5 Å². The Kier molecular flexibility index (Phi) is 6.32. The lowest BCUT2D eigenvalue weighted by Crippen LogP contribution is -2.54. The third kappa shape index (κ3) is 4.40. The predicted octanol–water partition coefficient (Wildman–Crippen LogP) is 1.98. The Labute approximate surface area is 186 Å². The van der Waals surface area contributed by atoms with E-state index in [4.69, 9.17) is 5.73 Å². The molecule has 0 spiro atoms. The van der Waals surface area contributed by atoms with Gasteiger partial charge in [0.25, 0.3) is 11.8 Å². The number of aryl methyl sites for hydroxylation is 1. The highest BCUT2D eigenvalue weighted by Gasteiger charge is 2.44. The largest absolute Gasteiger partial charge is 0.381 e. The van der Waals surface area contributed by atoms with E-state index < -0.39 is 23.8 Å². The van der Waals surface area contributed by atoms with Crippen molar-refractivity contribution in [2.24, 2.45) is 5.73 Å². The molecule has 1 unspecified atom stereocenters. The number of nitrogens with zero attached hydrogens (tertiary/aromatic N) is 1. The van der Waals surface area contributed by atoms with Gasteiger partial charge < -0.3 is 11.1 Å². The first-order valence-corrected chi connectivity index (χ1v) is 10.9. The summed E-state index contributed by atoms with van der Waals surface area (Å²) in [6.07, 6.45) is 3.33. The molecule has 0 saturated carbocycles. The zero-order chi connectivity index (χ0) is 22.7. The van der Waals surface area contributed by atoms with Crippen molar-refractivity contribution in [3.05, 3.63) is 64.7 Å². The number of nitrogens with one attached hydrogen (secondary N) is 2. The molecule has 1 atom stereocenters. The van der Waals surface area contributed by atoms with Crippen molar-refractivity contribution in [2.45, 2.75) is 44.7 Å². The van der Waals surface area contributed by atoms with E-state index in [-0.39, 0.29) is 29.9 Å². The number of unbranched alkanes of at least 4 members (excludes halogenated alkanes) is 1. The summed E-state index contributed by atoms with van der Waals surface area (Å²) < 4.78 is 0. The number of rotatable bonds is 8. The summed E-state index contributed by atoms with van der Waals surface area (Å²) in [5.74, 6) is -1.99. The van der Waals surface area contributed by atoms with E-state index in [1.165, 1.54) is 5.56 Å². The van der Waals surface area contributed by atoms with Crippen LogP contribution >= 0.6 is 0 Å². The maximum Gasteiger partial charge on any atom is 0.262 e. The number of hydrogen-bond donors (Lipinski definition) is 3. The Morgan fingerprint density at radius 1 is 0.938 bits per heavy atom. The minimum absolute atomic E-state index is 0.102. The molecule has 4 amide bonds. The lowest BCUT2D eigenvalue weighted by atomic mass is 10.0. The minimum Gasteiger partial charge on any atom is -0.381 e. The number of benzene rings is 2. The molecule has 4 rings (SSSR count). The smallest absolute Gasteiger partial charge is 0.262 e. The Hall–Kier alpha value is -3.52. The summed E-state index contributed by atoms with van der Waals surface area (Å²) in [7, 11) is 0. The van der Waals surface area contributed by atoms with Crippen molar-refractivity contribution >= 4 is 29.3 Å². The SMILES string of the molecule is NCCCCc1ccc(NCc2ccc3c(c2)C(=O)N(C2CCC(=O)NC2=O)C3=O)cc1. The first-order chi connectivity index (χ1) is 15.5. The number of imide groups is 2. The van der Waals surface area contributed by atoms with Crippen molar-refractivity contribution in [3.8, 4) is 0 Å². The topological polar surface area (TPSA) is 122 Å². The monoisotopic (exact) mass is 434 g/mol. The van der Waals surface area contributed by atoms with Gasteiger partial charge in [0.2, 0.25) is 11.8 Å². The van der Waals surface area contributed by atoms with Gasteiger partial charge in [0.15, 0.2) is 0 Å². The van der Waals surface area contributed by atoms with Crippen LogP contribution in [0.25, 0.3) is 0 Å². The van der Waals surface area contributed by atoms with Gasteiger partial charge in [-0.1, -0.05) is 18.2 Å². The van der Waals surface area contributed by atoms with Crippen LogP contribution in [0.5, 0.6) is 0 Å². The molecule has 2 aromatic carbocycles. The Bertz CT molecular complexity index is 1060. The second kappa shape index (κ2) is 9.32. The predicted molar refractivity (Wildman–Crippen MR) is 119 cm³/mol. The van der Waals surface area contributed by atoms with Gasteiger partial charge >= 0.3 is 0 Å². The second-order valence-corrected chi connectivity index (χ2v) is 8.12. The highest BCUT2D eigenvalue weighted by molar-refractivity contribution is 6.23. The summed E-state index contributed by atoms with van der Waals surface area (Å²) in [4.78, 5) is 50.2. The van der Waals surface area contributed by atoms with Crippen LogP contribution < -0.4 is 16.4 Å². The molecule has 0 bridgehead atoms. The van der Waals surface area contributed by atoms with E-state index in [1.54, 1.807) is 18.2 Å². The summed E-state index contributed by atoms with van der Waals surface area (Å²) >= 11 is 0. The molecule has 8 nitrogen and oxygen atoms in total. The van der Waals surface area contributed by atoms with Gasteiger partial charge in [-0.3, -0.25) is 29.4 Å². The quantitative estimate of drug-likeness (QED) is 0.431. The number of fused-ring (bicyclic) bond motifs is 1. The van der Waals surface area contributed by atoms with Crippen molar-refractivity contribution < 1.29 is 19.2 Å². The zero-order valence-electron chi connectivity index (χ0n) is 17.7. The van der Waals surface area contributed by atoms with Crippen molar-refractivity contribution in [1.29, 1.82) is 0 Å². The van der Waals surface area contributed by atoms with E-state index in [2.05, 4.69) is 22.8 Å². The molecular formula is C24H26N4O4. The number of carbonyl (C=O) groups excluding carboxylic acids is 4. The highest BCUT2D eigenvalue weighted by Crippen LogP contribution is 2.28. The van der Waals surface area contributed by atoms with E-state index in [1.807, 2.05) is 12.1 Å². The fourth-order valence-corrected chi connectivity index (χ4v) is 4.09. The fourth-order valence-electron chi connectivity index (χ4n) is 4.09. The van der Waals surface area contributed by atoms with Gasteiger partial charge in [-0.15, -0.1) is 0 Å². The lowest BCUT2D eigenvalue weighted by molar-refractivity contribution is -0.136. The van der Waals surface area contributed by atoms with Crippen LogP contribution in [-0.4, -0.2) is 41.1 Å². The Morgan fingerprint density at radius 2 is 1.66 bits per heavy atom. The van der Waals surface area contributed by atoms with Gasteiger partial charge in [-0.25, -0.2) is 0 Å². The molecule has 166 valence electrons. The van der Waals surface area contributed by atoms with Gasteiger partial charge in [0.05, 0.1) is 11.1 Å². The maximum atomic E-state index is 12.9. The van der Waals surface area contributed by atoms with Crippen LogP contribution in [0.4, 0.5) is 5.69 Å². The number of piperidine rings is 1. The van der Waals surface area contributed by atoms with Crippen LogP contribution in [0.2, 0.25) is 0 Å². The average molecular weight is 434 g/mol. The number of anilines is 1. The summed E-state index contributed by atoms with van der Waals surface area (Å²) in [6, 6.07) is 12.4. The molecule has 32 heavy (non-hydrogen) atoms. The van der Waals surface area contributed by atoms with E-state index in [0.717, 1.165) is 35.4 Å². The molecular weight excluding hydrogens is 408 g/mol. The normalized spacial score (nSPS) is 18.0. The number of amides is 4. The Balaban J connectivity index is 1.41. The van der Waals surface area contributed by atoms with Gasteiger partial charge in [0, 0.05) is 18.7 Å². The molecule has 4 N–H and O–H groups in total. The molecule has 0 radical (unpaired) electrons. The van der Waals surface area contributed by atoms with Crippen molar-refractivity contribution in [2.75, 3.05) is 11.9 Å². The lowest BCUT2D eigenvalue weighted by Gasteiger charge is -2.27. The highest BCUT2D eigenvalue weighted by atomic mass is 16.2. The maximum absolute atomic E-state index is 12.9. The molecule has 2 aromatic rings. The van der Waals surface area contributed by atoms with Crippen molar-refractivity contribution in [3.63, 3.8) is 0 Å². The molecule has 8 heteroatoms. The first-order valence-electron chi connectivity index (χ1n) is 10.9. The second-order valence-electron chi connectivity index (χ2n) is 8.12. The molecule has 2 aliphatic heterocycles. The molecule has 2 heterocycles. The molecule has 0 aromatic heterocycles. The van der Waals surface area contributed by atoms with Gasteiger partial charge in [-0.05, 0) is 67.6 Å². The van der Waals surface area contributed by atoms with E-state index in [0.29, 0.717) is 13.1 Å². The summed E-state index contributed by atoms with van der Waals surface area (Å²) in [6.45, 7) is 1.19. The van der Waals surface area contributed by atoms with Crippen LogP contribution in [0.1, 0.15) is 57.5 Å². The average Bonchev–Trinajstić information content (AvgIpc) is 3.03. The number of carbonyl (C=O) groups is 4. The summed E-state index contributed by atoms with van der Waals surface area (Å²) in [5.41, 5.74) is 9.18. The van der Waals surface area contributed by atoms with Crippen LogP contribution in [-0.2, 0) is 22.6 Å². The molecule has 0 aliphatic carbocycles. The van der Waals surface area contributed by atoms with E-state index in [9.17, 15) is 19.2 Å². The zero-order valence-corrected chi connectivity index (χ0v) is 17.7. The Morgan fingerprint density at radius 3 is 2.38 bits per heavy atom. The van der Waals surface area contributed by atoms with Gasteiger partial charge in [-0.2, -0.15) is 0 Å². The van der Waals surface area contributed by atoms with Crippen molar-refractivity contribution in [1.82, 2.24) is 10.2 Å². The minimum atomic E-state index is -0.954. The van der Waals surface area contributed by atoms with E-state index >= 15 is 0 Å². The summed E-state index contributed by atoms with van der Waals surface area (Å²) in [5, 5.41) is 5.53. The molecule has 1 saturated heterocycles. The third-order valence-electron chi connectivity index (χ3n) is 5.87. The standard InChI is InChI=1S/C24H26N4O4/c25-12-2-1-3-15-4-7-17(8-5-15)26-14-16-6-9-18-19(13-16)24(32)28(23(18)31)20-10-11-21(29)27-22(20)30/h4-9,13,20,26H,1-3,10-12,14,25H2,(H,27,29,30). The third-order valence-corrected chi connectivity index (χ3v) is 5.87. The fraction of sp³-hybridized carbons (Fsp3) is 0.333. The van der Waals surface area contributed by atoms with Crippen LogP contribution in [0.3, 0.4) is 0 Å². The molecule has 2 aliphatic rings. The first kappa shape index (κ1) is 21.7. The molecule has 1 fully saturated rings. The van der Waals surface area contributed by atoms with Crippen LogP contribution in [0, 0.1) is 0 Å². The van der Waals surface area contributed by atoms with Gasteiger partial charge in [0.1, 0.15) is 6.04 Å². The number of nitrogens with two attached hydrogens (primary N) is 1.